The van der Waals surface area contributed by atoms with Gasteiger partial charge in [-0.25, -0.2) is 23.9 Å². The Morgan fingerprint density at radius 3 is 2.15 bits per heavy atom. The smallest absolute Gasteiger partial charge is 0.490 e. The van der Waals surface area contributed by atoms with Crippen molar-refractivity contribution in [3.8, 4) is 17.0 Å². The number of nitrogens with zero attached hydrogens (tertiary/aromatic N) is 2. The normalized spacial score (nSPS) is 11.8. The van der Waals surface area contributed by atoms with Crippen molar-refractivity contribution in [2.24, 2.45) is 0 Å². The summed E-state index contributed by atoms with van der Waals surface area (Å²) in [4.78, 5) is 30.0. The van der Waals surface area contributed by atoms with Crippen molar-refractivity contribution in [2.75, 3.05) is 17.7 Å². The van der Waals surface area contributed by atoms with E-state index in [1.807, 2.05) is 68.4 Å². The molecular weight excluding hydrogens is 707 g/mol. The number of H-pyrrole nitrogens is 1. The Labute approximate surface area is 290 Å². The van der Waals surface area contributed by atoms with Crippen LogP contribution in [-0.2, 0) is 22.6 Å². The quantitative estimate of drug-likeness (QED) is 0.0841. The van der Waals surface area contributed by atoms with E-state index in [9.17, 15) is 31.4 Å². The van der Waals surface area contributed by atoms with Crippen LogP contribution in [0.15, 0.2) is 73.1 Å². The van der Waals surface area contributed by atoms with Crippen molar-refractivity contribution in [1.29, 1.82) is 0 Å². The molecule has 0 aliphatic rings. The van der Waals surface area contributed by atoms with Crippen LogP contribution in [0.4, 0.5) is 42.2 Å². The molecule has 52 heavy (non-hydrogen) atoms. The fourth-order valence-electron chi connectivity index (χ4n) is 4.65. The third-order valence-electron chi connectivity index (χ3n) is 7.08. The van der Waals surface area contributed by atoms with E-state index in [0.29, 0.717) is 23.8 Å². The maximum Gasteiger partial charge on any atom is 0.490 e. The third kappa shape index (κ3) is 10.5. The lowest BCUT2D eigenvalue weighted by Crippen LogP contribution is -2.21. The fourth-order valence-corrected chi connectivity index (χ4v) is 4.65. The monoisotopic (exact) mass is 739 g/mol. The number of carboxylic acids is 2. The highest BCUT2D eigenvalue weighted by atomic mass is 19.4. The Kier molecular flexibility index (Phi) is 13.5. The lowest BCUT2D eigenvalue weighted by Gasteiger charge is -2.22. The predicted molar refractivity (Wildman–Crippen MR) is 176 cm³/mol. The number of fused-ring (bicyclic) bond motifs is 1. The van der Waals surface area contributed by atoms with Gasteiger partial charge >= 0.3 is 24.3 Å². The highest BCUT2D eigenvalue weighted by Gasteiger charge is 2.39. The first-order valence-electron chi connectivity index (χ1n) is 15.1. The molecule has 5 aromatic rings. The van der Waals surface area contributed by atoms with Gasteiger partial charge in [0.05, 0.1) is 25.1 Å². The molecule has 1 atom stereocenters. The van der Waals surface area contributed by atoms with Gasteiger partial charge in [-0.2, -0.15) is 26.3 Å². The zero-order valence-electron chi connectivity index (χ0n) is 27.3. The van der Waals surface area contributed by atoms with Crippen LogP contribution in [0.3, 0.4) is 0 Å². The fraction of sp³-hybridized carbons (Fsp3) is 0.235. The van der Waals surface area contributed by atoms with E-state index in [1.54, 1.807) is 18.5 Å². The van der Waals surface area contributed by atoms with Crippen LogP contribution in [0.25, 0.3) is 22.0 Å². The second-order valence-electron chi connectivity index (χ2n) is 10.6. The number of halogens is 7. The van der Waals surface area contributed by atoms with E-state index < -0.39 is 36.2 Å². The molecule has 0 fully saturated rings. The molecule has 1 unspecified atom stereocenters. The Hall–Kier alpha value is -5.91. The minimum absolute atomic E-state index is 0.105. The second-order valence-corrected chi connectivity index (χ2v) is 10.6. The summed E-state index contributed by atoms with van der Waals surface area (Å²) in [5.41, 5.74) is 10.5. The van der Waals surface area contributed by atoms with Gasteiger partial charge < -0.3 is 36.1 Å². The van der Waals surface area contributed by atoms with Crippen LogP contribution < -0.4 is 15.8 Å². The molecule has 2 heterocycles. The Morgan fingerprint density at radius 2 is 1.58 bits per heavy atom. The number of imidazole rings is 1. The van der Waals surface area contributed by atoms with Crippen molar-refractivity contribution in [2.45, 2.75) is 45.3 Å². The molecule has 18 heteroatoms. The molecule has 0 aliphatic carbocycles. The van der Waals surface area contributed by atoms with E-state index in [1.165, 1.54) is 0 Å². The molecule has 5 rings (SSSR count). The van der Waals surface area contributed by atoms with E-state index in [0.717, 1.165) is 45.3 Å². The average molecular weight is 740 g/mol. The van der Waals surface area contributed by atoms with Crippen LogP contribution in [0.1, 0.15) is 42.4 Å². The number of aliphatic hydroxyl groups is 1. The molecule has 0 bridgehead atoms. The number of aliphatic hydroxyl groups excluding tert-OH is 1. The number of benzene rings is 3. The summed E-state index contributed by atoms with van der Waals surface area (Å²) in [7, 11) is 0. The number of hydrogen-bond donors (Lipinski definition) is 6. The topological polar surface area (TPSA) is 184 Å². The van der Waals surface area contributed by atoms with Gasteiger partial charge in [0.25, 0.3) is 0 Å². The molecule has 0 saturated heterocycles. The maximum atomic E-state index is 15.9. The molecule has 0 aliphatic heterocycles. The molecule has 0 radical (unpaired) electrons. The van der Waals surface area contributed by atoms with Gasteiger partial charge in [0.15, 0.2) is 11.6 Å². The summed E-state index contributed by atoms with van der Waals surface area (Å²) in [6.07, 6.45) is -6.08. The highest BCUT2D eigenvalue weighted by molar-refractivity contribution is 5.93. The van der Waals surface area contributed by atoms with E-state index in [4.69, 9.17) is 30.3 Å². The Morgan fingerprint density at radius 1 is 0.942 bits per heavy atom. The first kappa shape index (κ1) is 40.5. The van der Waals surface area contributed by atoms with Gasteiger partial charge in [0.2, 0.25) is 0 Å². The number of aryl methyl sites for hydroxylation is 1. The van der Waals surface area contributed by atoms with E-state index in [-0.39, 0.29) is 12.4 Å². The van der Waals surface area contributed by atoms with E-state index >= 15 is 4.39 Å². The zero-order chi connectivity index (χ0) is 38.8. The largest absolute Gasteiger partial charge is 0.491 e. The number of rotatable bonds is 9. The zero-order valence-corrected chi connectivity index (χ0v) is 27.3. The molecule has 3 aromatic carbocycles. The third-order valence-corrected chi connectivity index (χ3v) is 7.08. The lowest BCUT2D eigenvalue weighted by molar-refractivity contribution is -0.193. The summed E-state index contributed by atoms with van der Waals surface area (Å²) in [6.45, 7) is 4.10. The summed E-state index contributed by atoms with van der Waals surface area (Å²) < 4.78 is 85.0. The van der Waals surface area contributed by atoms with E-state index in [2.05, 4.69) is 20.3 Å². The van der Waals surface area contributed by atoms with Crippen LogP contribution >= 0.6 is 0 Å². The van der Waals surface area contributed by atoms with Crippen molar-refractivity contribution < 1.29 is 60.4 Å². The van der Waals surface area contributed by atoms with Crippen molar-refractivity contribution >= 4 is 34.2 Å². The standard InChI is InChI=1S/C30H30FN5O2.2C2HF3O2/c1-3-18-13-24(27(31)26(14-18)38-4-2)28(35-21-9-10-23-19(15-21)11-12-33-29(23)32)30-34-16-25(36-30)22-8-6-5-7-20(22)17-37;2*3-2(4,5)1(6)7/h5-16,28,35,37H,3-4,17H2,1-2H3,(H2,32,33)(H,34,36);2*(H,6,7). The number of nitrogens with one attached hydrogen (secondary N) is 2. The molecular formula is C34H32F7N5O6. The number of aromatic amines is 1. The van der Waals surface area contributed by atoms with Gasteiger partial charge in [0.1, 0.15) is 17.7 Å². The molecule has 11 nitrogen and oxygen atoms in total. The maximum absolute atomic E-state index is 15.9. The number of pyridine rings is 1. The van der Waals surface area contributed by atoms with Crippen LogP contribution in [0.2, 0.25) is 0 Å². The molecule has 7 N–H and O–H groups in total. The number of carboxylic acid groups (broad SMARTS) is 2. The number of aliphatic carboxylic acids is 2. The number of hydrogen-bond acceptors (Lipinski definition) is 8. The SMILES string of the molecule is CCOc1cc(CC)cc(C(Nc2ccc3c(N)nccc3c2)c2ncc(-c3ccccc3CO)[nH]2)c1F.O=C(O)C(F)(F)F.O=C(O)C(F)(F)F. The highest BCUT2D eigenvalue weighted by Crippen LogP contribution is 2.35. The van der Waals surface area contributed by atoms with Crippen molar-refractivity contribution in [1.82, 2.24) is 15.0 Å². The summed E-state index contributed by atoms with van der Waals surface area (Å²) >= 11 is 0. The summed E-state index contributed by atoms with van der Waals surface area (Å²) in [5.74, 6) is -4.77. The van der Waals surface area contributed by atoms with Gasteiger partial charge in [-0.05, 0) is 60.2 Å². The number of nitrogen functional groups attached to an aromatic ring is 1. The van der Waals surface area contributed by atoms with Gasteiger partial charge in [-0.1, -0.05) is 37.3 Å². The van der Waals surface area contributed by atoms with Gasteiger partial charge in [-0.3, -0.25) is 0 Å². The number of nitrogens with two attached hydrogens (primary N) is 1. The van der Waals surface area contributed by atoms with Crippen molar-refractivity contribution in [3.05, 3.63) is 101 Å². The summed E-state index contributed by atoms with van der Waals surface area (Å²) in [6, 6.07) is 18.1. The van der Waals surface area contributed by atoms with Gasteiger partial charge in [-0.15, -0.1) is 0 Å². The second kappa shape index (κ2) is 17.3. The number of alkyl halides is 6. The lowest BCUT2D eigenvalue weighted by atomic mass is 9.99. The molecule has 0 amide bonds. The molecule has 0 spiro atoms. The van der Waals surface area contributed by atoms with Crippen LogP contribution in [-0.4, -0.2) is 61.2 Å². The predicted octanol–water partition coefficient (Wildman–Crippen LogP) is 7.27. The molecule has 0 saturated carbocycles. The van der Waals surface area contributed by atoms with Gasteiger partial charge in [0, 0.05) is 28.4 Å². The molecule has 278 valence electrons. The average Bonchev–Trinajstić information content (AvgIpc) is 3.58. The van der Waals surface area contributed by atoms with Crippen molar-refractivity contribution in [3.63, 3.8) is 0 Å². The molecule has 2 aromatic heterocycles. The Bertz CT molecular complexity index is 1980. The first-order valence-corrected chi connectivity index (χ1v) is 15.1. The van der Waals surface area contributed by atoms with Crippen LogP contribution in [0, 0.1) is 5.82 Å². The minimum atomic E-state index is -5.08. The Balaban J connectivity index is 0.000000441. The first-order chi connectivity index (χ1) is 24.4. The number of aromatic nitrogens is 3. The number of ether oxygens (including phenoxy) is 1. The van der Waals surface area contributed by atoms with Crippen LogP contribution in [0.5, 0.6) is 5.75 Å². The summed E-state index contributed by atoms with van der Waals surface area (Å²) in [5, 5.41) is 29.3. The number of anilines is 2. The minimum Gasteiger partial charge on any atom is -0.491 e. The number of carbonyl (C=O) groups is 2.